The Balaban J connectivity index is 1.33. The highest BCUT2D eigenvalue weighted by atomic mass is 32.2. The van der Waals surface area contributed by atoms with Crippen LogP contribution >= 0.6 is 34.4 Å². The normalized spacial score (nSPS) is 11.6. The predicted octanol–water partition coefficient (Wildman–Crippen LogP) is 6.25. The zero-order valence-electron chi connectivity index (χ0n) is 17.9. The van der Waals surface area contributed by atoms with Crippen LogP contribution in [0.2, 0.25) is 0 Å². The van der Waals surface area contributed by atoms with E-state index in [1.165, 1.54) is 34.4 Å². The van der Waals surface area contributed by atoms with Crippen molar-refractivity contribution in [1.29, 1.82) is 0 Å². The smallest absolute Gasteiger partial charge is 0.265 e. The fourth-order valence-corrected chi connectivity index (χ4v) is 5.19. The van der Waals surface area contributed by atoms with Crippen LogP contribution in [-0.2, 0) is 4.79 Å². The molecule has 0 spiro atoms. The number of methoxy groups -OCH3 is 1. The third kappa shape index (κ3) is 5.81. The van der Waals surface area contributed by atoms with E-state index in [2.05, 4.69) is 15.6 Å². The summed E-state index contributed by atoms with van der Waals surface area (Å²) in [5, 5.41) is 9.75. The van der Waals surface area contributed by atoms with Gasteiger partial charge in [-0.3, -0.25) is 9.59 Å². The highest BCUT2D eigenvalue weighted by Gasteiger charge is 2.17. The second-order valence-corrected chi connectivity index (χ2v) is 10.2. The van der Waals surface area contributed by atoms with Crippen LogP contribution in [0.4, 0.5) is 10.8 Å². The van der Waals surface area contributed by atoms with Crippen molar-refractivity contribution in [1.82, 2.24) is 4.98 Å². The molecule has 0 saturated carbocycles. The first-order chi connectivity index (χ1) is 16.0. The van der Waals surface area contributed by atoms with Gasteiger partial charge in [-0.1, -0.05) is 18.2 Å². The number of thiazole rings is 1. The van der Waals surface area contributed by atoms with Gasteiger partial charge >= 0.3 is 0 Å². The van der Waals surface area contributed by atoms with Gasteiger partial charge in [-0.2, -0.15) is 0 Å². The van der Waals surface area contributed by atoms with Crippen LogP contribution < -0.4 is 15.4 Å². The van der Waals surface area contributed by atoms with E-state index in [9.17, 15) is 9.59 Å². The first-order valence-electron chi connectivity index (χ1n) is 10.0. The quantitative estimate of drug-likeness (QED) is 0.282. The molecule has 1 unspecified atom stereocenters. The van der Waals surface area contributed by atoms with Crippen LogP contribution in [0.3, 0.4) is 0 Å². The second-order valence-electron chi connectivity index (χ2n) is 6.94. The van der Waals surface area contributed by atoms with E-state index in [0.717, 1.165) is 21.9 Å². The summed E-state index contributed by atoms with van der Waals surface area (Å²) < 4.78 is 5.39. The molecular formula is C24H21N3O3S3. The van der Waals surface area contributed by atoms with E-state index in [0.29, 0.717) is 15.7 Å². The zero-order chi connectivity index (χ0) is 23.2. The van der Waals surface area contributed by atoms with Gasteiger partial charge in [-0.25, -0.2) is 4.98 Å². The summed E-state index contributed by atoms with van der Waals surface area (Å²) in [5.74, 6) is 0.477. The number of nitrogens with one attached hydrogen (secondary N) is 2. The lowest BCUT2D eigenvalue weighted by atomic mass is 10.1. The summed E-state index contributed by atoms with van der Waals surface area (Å²) >= 11 is 4.21. The lowest BCUT2D eigenvalue weighted by Crippen LogP contribution is -2.22. The Hall–Kier alpha value is -3.14. The molecule has 2 aromatic heterocycles. The standard InChI is InChI=1S/C24H21N3O3S3/c1-15(33-17-11-9-16(10-12-17)25-23(29)21-8-5-13-31-21)22(28)27-24-26-19(14-32-24)18-6-3-4-7-20(18)30-2/h3-15H,1-2H3,(H,25,29)(H,26,27,28). The molecule has 2 N–H and O–H groups in total. The van der Waals surface area contributed by atoms with E-state index in [-0.39, 0.29) is 17.1 Å². The summed E-state index contributed by atoms with van der Waals surface area (Å²) in [5.41, 5.74) is 2.35. The molecular weight excluding hydrogens is 474 g/mol. The predicted molar refractivity (Wildman–Crippen MR) is 137 cm³/mol. The van der Waals surface area contributed by atoms with Gasteiger partial charge in [0.15, 0.2) is 5.13 Å². The molecule has 6 nitrogen and oxygen atoms in total. The van der Waals surface area contributed by atoms with Gasteiger partial charge in [0.25, 0.3) is 5.91 Å². The van der Waals surface area contributed by atoms with Gasteiger partial charge in [0, 0.05) is 21.5 Å². The van der Waals surface area contributed by atoms with Crippen molar-refractivity contribution in [3.63, 3.8) is 0 Å². The number of ether oxygens (including phenoxy) is 1. The number of hydrogen-bond acceptors (Lipinski definition) is 7. The molecule has 33 heavy (non-hydrogen) atoms. The number of rotatable bonds is 8. The second kappa shape index (κ2) is 10.7. The highest BCUT2D eigenvalue weighted by molar-refractivity contribution is 8.00. The molecule has 168 valence electrons. The topological polar surface area (TPSA) is 80.3 Å². The van der Waals surface area contributed by atoms with Crippen LogP contribution in [0.5, 0.6) is 5.75 Å². The average molecular weight is 496 g/mol. The molecule has 0 aliphatic heterocycles. The Morgan fingerprint density at radius 1 is 1.00 bits per heavy atom. The molecule has 0 fully saturated rings. The van der Waals surface area contributed by atoms with Crippen molar-refractivity contribution < 1.29 is 14.3 Å². The number of anilines is 2. The maximum atomic E-state index is 12.7. The van der Waals surface area contributed by atoms with E-state index in [4.69, 9.17) is 4.74 Å². The lowest BCUT2D eigenvalue weighted by molar-refractivity contribution is -0.115. The maximum absolute atomic E-state index is 12.7. The molecule has 2 heterocycles. The minimum atomic E-state index is -0.324. The van der Waals surface area contributed by atoms with Crippen molar-refractivity contribution in [3.8, 4) is 17.0 Å². The molecule has 4 rings (SSSR count). The minimum Gasteiger partial charge on any atom is -0.496 e. The number of para-hydroxylation sites is 1. The van der Waals surface area contributed by atoms with Gasteiger partial charge < -0.3 is 15.4 Å². The zero-order valence-corrected chi connectivity index (χ0v) is 20.4. The van der Waals surface area contributed by atoms with Crippen molar-refractivity contribution in [3.05, 3.63) is 76.3 Å². The first-order valence-corrected chi connectivity index (χ1v) is 12.7. The molecule has 4 aromatic rings. The Labute approximate surface area is 204 Å². The number of hydrogen-bond donors (Lipinski definition) is 2. The summed E-state index contributed by atoms with van der Waals surface area (Å²) in [4.78, 5) is 31.0. The van der Waals surface area contributed by atoms with Crippen molar-refractivity contribution in [2.24, 2.45) is 0 Å². The van der Waals surface area contributed by atoms with E-state index in [1.54, 1.807) is 13.2 Å². The monoisotopic (exact) mass is 495 g/mol. The lowest BCUT2D eigenvalue weighted by Gasteiger charge is -2.11. The number of carbonyl (C=O) groups excluding carboxylic acids is 2. The molecule has 0 radical (unpaired) electrons. The van der Waals surface area contributed by atoms with Gasteiger partial charge in [0.05, 0.1) is 22.9 Å². The number of thiophene rings is 1. The third-order valence-corrected chi connectivity index (χ3v) is 7.39. The minimum absolute atomic E-state index is 0.129. The van der Waals surface area contributed by atoms with E-state index >= 15 is 0 Å². The number of thioether (sulfide) groups is 1. The third-order valence-electron chi connectivity index (χ3n) is 4.66. The van der Waals surface area contributed by atoms with E-state index < -0.39 is 0 Å². The molecule has 1 atom stereocenters. The summed E-state index contributed by atoms with van der Waals surface area (Å²) in [6, 6.07) is 18.7. The largest absolute Gasteiger partial charge is 0.496 e. The highest BCUT2D eigenvalue weighted by Crippen LogP contribution is 2.32. The first kappa shape index (κ1) is 23.0. The number of amides is 2. The summed E-state index contributed by atoms with van der Waals surface area (Å²) in [6.45, 7) is 1.85. The van der Waals surface area contributed by atoms with E-state index in [1.807, 2.05) is 72.3 Å². The van der Waals surface area contributed by atoms with Gasteiger partial charge in [0.2, 0.25) is 5.91 Å². The van der Waals surface area contributed by atoms with Gasteiger partial charge in [-0.15, -0.1) is 34.4 Å². The van der Waals surface area contributed by atoms with Crippen LogP contribution in [0, 0.1) is 0 Å². The van der Waals surface area contributed by atoms with Crippen LogP contribution in [0.25, 0.3) is 11.3 Å². The fraction of sp³-hybridized carbons (Fsp3) is 0.125. The van der Waals surface area contributed by atoms with Crippen molar-refractivity contribution in [2.75, 3.05) is 17.7 Å². The summed E-state index contributed by atoms with van der Waals surface area (Å²) in [7, 11) is 1.62. The maximum Gasteiger partial charge on any atom is 0.265 e. The SMILES string of the molecule is COc1ccccc1-c1csc(NC(=O)C(C)Sc2ccc(NC(=O)c3cccs3)cc2)n1. The van der Waals surface area contributed by atoms with Crippen molar-refractivity contribution in [2.45, 2.75) is 17.1 Å². The fourth-order valence-electron chi connectivity index (χ4n) is 2.99. The molecule has 0 saturated heterocycles. The molecule has 9 heteroatoms. The molecule has 2 aromatic carbocycles. The number of carbonyl (C=O) groups is 2. The Bertz CT molecular complexity index is 1240. The Morgan fingerprint density at radius 2 is 1.79 bits per heavy atom. The number of nitrogens with zero attached hydrogens (tertiary/aromatic N) is 1. The summed E-state index contributed by atoms with van der Waals surface area (Å²) in [6.07, 6.45) is 0. The van der Waals surface area contributed by atoms with Crippen LogP contribution in [0.15, 0.2) is 76.3 Å². The number of benzene rings is 2. The number of aromatic nitrogens is 1. The van der Waals surface area contributed by atoms with Gasteiger partial charge in [0.1, 0.15) is 5.75 Å². The Kier molecular flexibility index (Phi) is 7.43. The van der Waals surface area contributed by atoms with Crippen LogP contribution in [0.1, 0.15) is 16.6 Å². The van der Waals surface area contributed by atoms with Gasteiger partial charge in [-0.05, 0) is 54.8 Å². The Morgan fingerprint density at radius 3 is 2.52 bits per heavy atom. The molecule has 2 amide bonds. The molecule has 0 aliphatic rings. The van der Waals surface area contributed by atoms with Crippen molar-refractivity contribution >= 4 is 57.1 Å². The van der Waals surface area contributed by atoms with Crippen LogP contribution in [-0.4, -0.2) is 29.2 Å². The average Bonchev–Trinajstić information content (AvgIpc) is 3.53. The molecule has 0 bridgehead atoms. The molecule has 0 aliphatic carbocycles.